The predicted molar refractivity (Wildman–Crippen MR) is 74.2 cm³/mol. The lowest BCUT2D eigenvalue weighted by atomic mass is 10.0. The largest absolute Gasteiger partial charge is 0.310 e. The molecule has 0 fully saturated rings. The fraction of sp³-hybridized carbons (Fsp3) is 0.417. The van der Waals surface area contributed by atoms with E-state index < -0.39 is 0 Å². The first-order chi connectivity index (χ1) is 9.08. The van der Waals surface area contributed by atoms with Gasteiger partial charge >= 0.3 is 0 Å². The summed E-state index contributed by atoms with van der Waals surface area (Å²) in [6.07, 6.45) is 1.78. The summed E-state index contributed by atoms with van der Waals surface area (Å²) < 4.78 is 1.88. The minimum Gasteiger partial charge on any atom is -0.310 e. The van der Waals surface area contributed by atoms with E-state index in [1.165, 1.54) is 5.56 Å². The van der Waals surface area contributed by atoms with Crippen LogP contribution in [-0.2, 0) is 11.8 Å². The number of anilines is 1. The van der Waals surface area contributed by atoms with Crippen LogP contribution in [0.4, 0.5) is 5.82 Å². The number of rotatable bonds is 1. The molecule has 0 spiro atoms. The van der Waals surface area contributed by atoms with E-state index in [1.54, 1.807) is 18.0 Å². The third-order valence-electron chi connectivity index (χ3n) is 3.42. The van der Waals surface area contributed by atoms with Gasteiger partial charge in [-0.2, -0.15) is 10.2 Å². The van der Waals surface area contributed by atoms with Crippen molar-refractivity contribution in [2.45, 2.75) is 19.1 Å². The maximum atomic E-state index is 11.7. The van der Waals surface area contributed by atoms with Gasteiger partial charge in [-0.05, 0) is 13.8 Å². The summed E-state index contributed by atoms with van der Waals surface area (Å²) in [7, 11) is 1.94. The maximum absolute atomic E-state index is 11.7. The first-order valence-electron chi connectivity index (χ1n) is 6.02. The lowest BCUT2D eigenvalue weighted by Crippen LogP contribution is -2.12. The van der Waals surface area contributed by atoms with Crippen molar-refractivity contribution in [3.05, 3.63) is 28.7 Å². The molecule has 2 N–H and O–H groups in total. The molecular formula is C12H15N5OS. The second kappa shape index (κ2) is 4.41. The summed E-state index contributed by atoms with van der Waals surface area (Å²) in [6.45, 7) is 4.05. The Morgan fingerprint density at radius 2 is 2.26 bits per heavy atom. The van der Waals surface area contributed by atoms with Crippen LogP contribution in [0.2, 0.25) is 0 Å². The third-order valence-corrected chi connectivity index (χ3v) is 4.68. The third kappa shape index (κ3) is 1.94. The normalized spacial score (nSPS) is 18.9. The van der Waals surface area contributed by atoms with Crippen molar-refractivity contribution < 1.29 is 4.79 Å². The number of aromatic amines is 1. The number of nitrogens with one attached hydrogen (secondary N) is 2. The fourth-order valence-electron chi connectivity index (χ4n) is 2.43. The highest BCUT2D eigenvalue weighted by Crippen LogP contribution is 2.42. The van der Waals surface area contributed by atoms with Crippen molar-refractivity contribution in [1.82, 2.24) is 20.0 Å². The second-order valence-corrected chi connectivity index (χ2v) is 5.74. The molecule has 1 aliphatic heterocycles. The highest BCUT2D eigenvalue weighted by atomic mass is 32.2. The van der Waals surface area contributed by atoms with Crippen LogP contribution in [0.25, 0.3) is 0 Å². The van der Waals surface area contributed by atoms with Gasteiger partial charge in [-0.3, -0.25) is 14.6 Å². The van der Waals surface area contributed by atoms with Crippen molar-refractivity contribution in [2.75, 3.05) is 11.1 Å². The quantitative estimate of drug-likeness (QED) is 0.829. The number of amides is 1. The molecular weight excluding hydrogens is 262 g/mol. The topological polar surface area (TPSA) is 75.6 Å². The molecule has 0 saturated carbocycles. The Hall–Kier alpha value is -1.76. The molecule has 0 radical (unpaired) electrons. The van der Waals surface area contributed by atoms with Crippen LogP contribution >= 0.6 is 11.8 Å². The fourth-order valence-corrected chi connectivity index (χ4v) is 3.68. The van der Waals surface area contributed by atoms with Crippen LogP contribution in [0.5, 0.6) is 0 Å². The summed E-state index contributed by atoms with van der Waals surface area (Å²) >= 11 is 1.61. The number of fused-ring (bicyclic) bond motifs is 1. The number of aromatic nitrogens is 4. The van der Waals surface area contributed by atoms with Gasteiger partial charge in [0.05, 0.1) is 22.9 Å². The summed E-state index contributed by atoms with van der Waals surface area (Å²) in [5.74, 6) is 1.13. The lowest BCUT2D eigenvalue weighted by molar-refractivity contribution is -0.113. The zero-order chi connectivity index (χ0) is 13.6. The number of nitrogens with zero attached hydrogens (tertiary/aromatic N) is 3. The van der Waals surface area contributed by atoms with Crippen LogP contribution in [0.3, 0.4) is 0 Å². The highest BCUT2D eigenvalue weighted by Gasteiger charge is 2.29. The zero-order valence-corrected chi connectivity index (χ0v) is 11.8. The van der Waals surface area contributed by atoms with Gasteiger partial charge in [0.15, 0.2) is 0 Å². The summed E-state index contributed by atoms with van der Waals surface area (Å²) in [5.41, 5.74) is 4.30. The molecule has 1 unspecified atom stereocenters. The van der Waals surface area contributed by atoms with Crippen molar-refractivity contribution in [3.8, 4) is 0 Å². The molecule has 3 heterocycles. The number of aryl methyl sites for hydroxylation is 2. The maximum Gasteiger partial charge on any atom is 0.235 e. The SMILES string of the molecule is Cc1nn(C)c(C)c1C1SCC(=O)Nc2[nH]ncc21. The molecule has 1 amide bonds. The molecule has 0 bridgehead atoms. The molecule has 2 aromatic heterocycles. The molecule has 19 heavy (non-hydrogen) atoms. The Morgan fingerprint density at radius 1 is 1.47 bits per heavy atom. The van der Waals surface area contributed by atoms with E-state index in [1.807, 2.05) is 18.7 Å². The summed E-state index contributed by atoms with van der Waals surface area (Å²) in [6, 6.07) is 0. The van der Waals surface area contributed by atoms with E-state index in [9.17, 15) is 4.79 Å². The van der Waals surface area contributed by atoms with Crippen LogP contribution < -0.4 is 5.32 Å². The van der Waals surface area contributed by atoms with Gasteiger partial charge in [-0.1, -0.05) is 0 Å². The lowest BCUT2D eigenvalue weighted by Gasteiger charge is -2.14. The first-order valence-corrected chi connectivity index (χ1v) is 7.07. The second-order valence-electron chi connectivity index (χ2n) is 4.65. The van der Waals surface area contributed by atoms with Gasteiger partial charge in [0.2, 0.25) is 5.91 Å². The van der Waals surface area contributed by atoms with E-state index in [0.29, 0.717) is 11.6 Å². The van der Waals surface area contributed by atoms with Gasteiger partial charge < -0.3 is 5.32 Å². The van der Waals surface area contributed by atoms with Crippen LogP contribution in [-0.4, -0.2) is 31.6 Å². The van der Waals surface area contributed by atoms with E-state index in [-0.39, 0.29) is 11.2 Å². The summed E-state index contributed by atoms with van der Waals surface area (Å²) in [4.78, 5) is 11.7. The minimum absolute atomic E-state index is 0.00260. The van der Waals surface area contributed by atoms with E-state index >= 15 is 0 Å². The number of carbonyl (C=O) groups excluding carboxylic acids is 1. The Morgan fingerprint density at radius 3 is 2.95 bits per heavy atom. The van der Waals surface area contributed by atoms with Crippen LogP contribution in [0.1, 0.15) is 27.8 Å². The summed E-state index contributed by atoms with van der Waals surface area (Å²) in [5, 5.41) is 14.3. The zero-order valence-electron chi connectivity index (χ0n) is 11.0. The number of hydrogen-bond donors (Lipinski definition) is 2. The van der Waals surface area contributed by atoms with Crippen molar-refractivity contribution in [3.63, 3.8) is 0 Å². The highest BCUT2D eigenvalue weighted by molar-refractivity contribution is 8.00. The number of hydrogen-bond acceptors (Lipinski definition) is 4. The average molecular weight is 277 g/mol. The molecule has 6 nitrogen and oxygen atoms in total. The Labute approximate surface area is 115 Å². The van der Waals surface area contributed by atoms with Gasteiger partial charge in [0.1, 0.15) is 5.82 Å². The first kappa shape index (κ1) is 12.3. The molecule has 2 aromatic rings. The smallest absolute Gasteiger partial charge is 0.235 e. The van der Waals surface area contributed by atoms with Gasteiger partial charge in [0.25, 0.3) is 0 Å². The molecule has 0 aromatic carbocycles. The van der Waals surface area contributed by atoms with Crippen LogP contribution in [0.15, 0.2) is 6.20 Å². The molecule has 0 saturated heterocycles. The van der Waals surface area contributed by atoms with Gasteiger partial charge in [0, 0.05) is 23.9 Å². The molecule has 1 atom stereocenters. The molecule has 1 aliphatic rings. The Balaban J connectivity index is 2.13. The number of H-pyrrole nitrogens is 1. The molecule has 7 heteroatoms. The van der Waals surface area contributed by atoms with Gasteiger partial charge in [-0.15, -0.1) is 11.8 Å². The minimum atomic E-state index is -0.00260. The van der Waals surface area contributed by atoms with E-state index in [4.69, 9.17) is 0 Å². The van der Waals surface area contributed by atoms with Crippen molar-refractivity contribution in [2.24, 2.45) is 7.05 Å². The number of carbonyl (C=O) groups is 1. The molecule has 100 valence electrons. The average Bonchev–Trinajstić information content (AvgIpc) is 2.85. The Bertz CT molecular complexity index is 645. The van der Waals surface area contributed by atoms with Gasteiger partial charge in [-0.25, -0.2) is 0 Å². The van der Waals surface area contributed by atoms with Crippen molar-refractivity contribution in [1.29, 1.82) is 0 Å². The Kier molecular flexibility index (Phi) is 2.85. The van der Waals surface area contributed by atoms with E-state index in [0.717, 1.165) is 17.0 Å². The van der Waals surface area contributed by atoms with E-state index in [2.05, 4.69) is 27.5 Å². The molecule has 3 rings (SSSR count). The molecule has 0 aliphatic carbocycles. The van der Waals surface area contributed by atoms with Crippen molar-refractivity contribution >= 4 is 23.5 Å². The predicted octanol–water partition coefficient (Wildman–Crippen LogP) is 1.53. The van der Waals surface area contributed by atoms with Crippen LogP contribution in [0, 0.1) is 13.8 Å². The number of thioether (sulfide) groups is 1. The standard InChI is InChI=1S/C12H15N5OS/c1-6-10(7(2)17(3)16-6)11-8-4-13-15-12(8)14-9(18)5-19-11/h4,11H,5H2,1-3H3,(H2,13,14,15,18). The monoisotopic (exact) mass is 277 g/mol.